The topological polar surface area (TPSA) is 48.9 Å². The van der Waals surface area contributed by atoms with Crippen LogP contribution >= 0.6 is 24.0 Å². The van der Waals surface area contributed by atoms with E-state index in [0.717, 1.165) is 45.1 Å². The molecule has 0 radical (unpaired) electrons. The summed E-state index contributed by atoms with van der Waals surface area (Å²) in [6.07, 6.45) is 2.03. The summed E-state index contributed by atoms with van der Waals surface area (Å²) in [6.45, 7) is 7.53. The molecule has 29 heavy (non-hydrogen) atoms. The van der Waals surface area contributed by atoms with Crippen LogP contribution in [0.1, 0.15) is 38.3 Å². The first-order valence-corrected chi connectivity index (χ1v) is 10.3. The lowest BCUT2D eigenvalue weighted by atomic mass is 9.89. The maximum Gasteiger partial charge on any atom is 0.191 e. The van der Waals surface area contributed by atoms with Gasteiger partial charge in [-0.05, 0) is 57.1 Å². The molecule has 1 heterocycles. The van der Waals surface area contributed by atoms with Crippen molar-refractivity contribution < 1.29 is 4.74 Å². The number of aliphatic imine (C=N–C) groups is 1. The molecule has 1 aliphatic rings. The van der Waals surface area contributed by atoms with E-state index in [4.69, 9.17) is 9.73 Å². The van der Waals surface area contributed by atoms with Gasteiger partial charge in [-0.1, -0.05) is 42.5 Å². The molecule has 5 nitrogen and oxygen atoms in total. The summed E-state index contributed by atoms with van der Waals surface area (Å²) in [5, 5.41) is 9.58. The Kier molecular flexibility index (Phi) is 9.17. The van der Waals surface area contributed by atoms with E-state index in [1.807, 2.05) is 0 Å². The Hall–Kier alpha value is -1.38. The summed E-state index contributed by atoms with van der Waals surface area (Å²) in [6, 6.07) is 15.2. The van der Waals surface area contributed by atoms with Gasteiger partial charge >= 0.3 is 0 Å². The highest BCUT2D eigenvalue weighted by molar-refractivity contribution is 14.0. The van der Waals surface area contributed by atoms with Crippen LogP contribution < -0.4 is 10.6 Å². The third kappa shape index (κ3) is 5.83. The van der Waals surface area contributed by atoms with Gasteiger partial charge in [0.05, 0.1) is 12.6 Å². The summed E-state index contributed by atoms with van der Waals surface area (Å²) in [5.41, 5.74) is 1.36. The maximum atomic E-state index is 5.59. The van der Waals surface area contributed by atoms with Crippen molar-refractivity contribution in [2.45, 2.75) is 38.3 Å². The molecule has 160 valence electrons. The van der Waals surface area contributed by atoms with Crippen molar-refractivity contribution in [2.75, 3.05) is 40.4 Å². The third-order valence-corrected chi connectivity index (χ3v) is 5.89. The van der Waals surface area contributed by atoms with Crippen molar-refractivity contribution in [3.63, 3.8) is 0 Å². The average molecular weight is 510 g/mol. The quantitative estimate of drug-likeness (QED) is 0.348. The van der Waals surface area contributed by atoms with Gasteiger partial charge in [-0.3, -0.25) is 4.99 Å². The van der Waals surface area contributed by atoms with Gasteiger partial charge in [0, 0.05) is 25.3 Å². The summed E-state index contributed by atoms with van der Waals surface area (Å²) in [4.78, 5) is 7.29. The standard InChI is InChI=1S/C23H34N4O.HI/c1-5-24-22(25-17-23(27(3)4)13-15-28-16-14-23)26-18(2)20-12-8-10-19-9-6-7-11-21(19)20;/h6-12,18H,5,13-17H2,1-4H3,(H2,24,25,26);1H. The van der Waals surface area contributed by atoms with Gasteiger partial charge in [-0.25, -0.2) is 0 Å². The number of guanidine groups is 1. The molecule has 1 aliphatic heterocycles. The third-order valence-electron chi connectivity index (χ3n) is 5.89. The van der Waals surface area contributed by atoms with Gasteiger partial charge in [-0.15, -0.1) is 24.0 Å². The number of nitrogens with one attached hydrogen (secondary N) is 2. The molecule has 0 spiro atoms. The zero-order valence-electron chi connectivity index (χ0n) is 18.1. The second kappa shape index (κ2) is 11.1. The Morgan fingerprint density at radius 3 is 2.52 bits per heavy atom. The molecule has 0 bridgehead atoms. The number of ether oxygens (including phenoxy) is 1. The first-order valence-electron chi connectivity index (χ1n) is 10.3. The Labute approximate surface area is 192 Å². The van der Waals surface area contributed by atoms with Crippen molar-refractivity contribution in [1.29, 1.82) is 0 Å². The molecule has 6 heteroatoms. The van der Waals surface area contributed by atoms with E-state index in [1.165, 1.54) is 16.3 Å². The van der Waals surface area contributed by atoms with Crippen molar-refractivity contribution in [3.05, 3.63) is 48.0 Å². The number of fused-ring (bicyclic) bond motifs is 1. The highest BCUT2D eigenvalue weighted by atomic mass is 127. The lowest BCUT2D eigenvalue weighted by molar-refractivity contribution is -0.00255. The molecule has 1 unspecified atom stereocenters. The second-order valence-corrected chi connectivity index (χ2v) is 7.86. The van der Waals surface area contributed by atoms with E-state index in [2.05, 4.69) is 85.9 Å². The summed E-state index contributed by atoms with van der Waals surface area (Å²) in [7, 11) is 4.31. The zero-order chi connectivity index (χ0) is 20.0. The molecule has 2 aromatic carbocycles. The van der Waals surface area contributed by atoms with Crippen LogP contribution in [-0.4, -0.2) is 56.8 Å². The van der Waals surface area contributed by atoms with Gasteiger partial charge in [0.25, 0.3) is 0 Å². The van der Waals surface area contributed by atoms with Crippen LogP contribution in [0.15, 0.2) is 47.5 Å². The molecule has 1 fully saturated rings. The van der Waals surface area contributed by atoms with Crippen molar-refractivity contribution >= 4 is 40.7 Å². The molecule has 0 saturated carbocycles. The Balaban J connectivity index is 0.00000300. The van der Waals surface area contributed by atoms with E-state index in [9.17, 15) is 0 Å². The highest BCUT2D eigenvalue weighted by Crippen LogP contribution is 2.27. The van der Waals surface area contributed by atoms with Gasteiger partial charge < -0.3 is 20.3 Å². The number of benzene rings is 2. The molecule has 1 atom stereocenters. The van der Waals surface area contributed by atoms with Crippen LogP contribution in [0.3, 0.4) is 0 Å². The second-order valence-electron chi connectivity index (χ2n) is 7.86. The zero-order valence-corrected chi connectivity index (χ0v) is 20.4. The molecular weight excluding hydrogens is 475 g/mol. The van der Waals surface area contributed by atoms with Gasteiger partial charge in [0.1, 0.15) is 0 Å². The first-order chi connectivity index (χ1) is 13.6. The van der Waals surface area contributed by atoms with Crippen molar-refractivity contribution in [1.82, 2.24) is 15.5 Å². The van der Waals surface area contributed by atoms with Crippen LogP contribution in [0, 0.1) is 0 Å². The number of likely N-dealkylation sites (N-methyl/N-ethyl adjacent to an activating group) is 1. The highest BCUT2D eigenvalue weighted by Gasteiger charge is 2.34. The molecule has 0 aliphatic carbocycles. The fourth-order valence-electron chi connectivity index (χ4n) is 3.96. The fourth-order valence-corrected chi connectivity index (χ4v) is 3.96. The summed E-state index contributed by atoms with van der Waals surface area (Å²) >= 11 is 0. The number of rotatable bonds is 6. The number of hydrogen-bond donors (Lipinski definition) is 2. The predicted molar refractivity (Wildman–Crippen MR) is 133 cm³/mol. The normalized spacial score (nSPS) is 17.6. The summed E-state index contributed by atoms with van der Waals surface area (Å²) < 4.78 is 5.59. The van der Waals surface area contributed by atoms with Crippen LogP contribution in [0.5, 0.6) is 0 Å². The van der Waals surface area contributed by atoms with Crippen LogP contribution in [0.25, 0.3) is 10.8 Å². The molecular formula is C23H35IN4O. The van der Waals surface area contributed by atoms with Gasteiger partial charge in [0.15, 0.2) is 5.96 Å². The van der Waals surface area contributed by atoms with Crippen LogP contribution in [0.2, 0.25) is 0 Å². The van der Waals surface area contributed by atoms with E-state index < -0.39 is 0 Å². The lowest BCUT2D eigenvalue weighted by Gasteiger charge is -2.41. The molecule has 0 aromatic heterocycles. The number of nitrogens with zero attached hydrogens (tertiary/aromatic N) is 2. The minimum absolute atomic E-state index is 0. The summed E-state index contributed by atoms with van der Waals surface area (Å²) in [5.74, 6) is 0.871. The van der Waals surface area contributed by atoms with E-state index >= 15 is 0 Å². The molecule has 2 aromatic rings. The van der Waals surface area contributed by atoms with E-state index in [-0.39, 0.29) is 35.6 Å². The van der Waals surface area contributed by atoms with Crippen LogP contribution in [0.4, 0.5) is 0 Å². The van der Waals surface area contributed by atoms with Crippen LogP contribution in [-0.2, 0) is 4.74 Å². The Morgan fingerprint density at radius 2 is 1.83 bits per heavy atom. The van der Waals surface area contributed by atoms with Crippen molar-refractivity contribution in [3.8, 4) is 0 Å². The number of hydrogen-bond acceptors (Lipinski definition) is 3. The smallest absolute Gasteiger partial charge is 0.191 e. The largest absolute Gasteiger partial charge is 0.381 e. The lowest BCUT2D eigenvalue weighted by Crippen LogP contribution is -2.51. The Bertz CT molecular complexity index is 797. The van der Waals surface area contributed by atoms with E-state index in [1.54, 1.807) is 0 Å². The van der Waals surface area contributed by atoms with Gasteiger partial charge in [-0.2, -0.15) is 0 Å². The first kappa shape index (κ1) is 23.9. The minimum atomic E-state index is 0. The predicted octanol–water partition coefficient (Wildman–Crippen LogP) is 4.18. The maximum absolute atomic E-state index is 5.59. The SMILES string of the molecule is CCNC(=NCC1(N(C)C)CCOCC1)NC(C)c1cccc2ccccc12.I. The molecule has 1 saturated heterocycles. The minimum Gasteiger partial charge on any atom is -0.381 e. The molecule has 2 N–H and O–H groups in total. The molecule has 3 rings (SSSR count). The monoisotopic (exact) mass is 510 g/mol. The van der Waals surface area contributed by atoms with Crippen molar-refractivity contribution in [2.24, 2.45) is 4.99 Å². The number of halogens is 1. The average Bonchev–Trinajstić information content (AvgIpc) is 2.72. The van der Waals surface area contributed by atoms with Gasteiger partial charge in [0.2, 0.25) is 0 Å². The fraction of sp³-hybridized carbons (Fsp3) is 0.522. The van der Waals surface area contributed by atoms with E-state index in [0.29, 0.717) is 0 Å². The molecule has 0 amide bonds. The Morgan fingerprint density at radius 1 is 1.14 bits per heavy atom.